The summed E-state index contributed by atoms with van der Waals surface area (Å²) >= 11 is 0. The van der Waals surface area contributed by atoms with Crippen LogP contribution in [-0.4, -0.2) is 37.7 Å². The van der Waals surface area contributed by atoms with Gasteiger partial charge in [0.25, 0.3) is 0 Å². The predicted octanol–water partition coefficient (Wildman–Crippen LogP) is 3.27. The molecule has 2 aliphatic carbocycles. The summed E-state index contributed by atoms with van der Waals surface area (Å²) in [4.78, 5) is 14.5. The predicted molar refractivity (Wildman–Crippen MR) is 143 cm³/mol. The summed E-state index contributed by atoms with van der Waals surface area (Å²) in [6.45, 7) is 12.0. The second-order valence-electron chi connectivity index (χ2n) is 8.66. The Morgan fingerprint density at radius 3 is 2.43 bits per heavy atom. The minimum atomic E-state index is -1.66. The molecule has 1 aromatic carbocycles. The number of benzene rings is 2. The zero-order valence-electron chi connectivity index (χ0n) is 20.8. The van der Waals surface area contributed by atoms with Gasteiger partial charge in [-0.3, -0.25) is 0 Å². The first-order valence-electron chi connectivity index (χ1n) is 12.1. The lowest BCUT2D eigenvalue weighted by Gasteiger charge is -2.37. The first-order valence-corrected chi connectivity index (χ1v) is 12.1. The number of carbonyl (C=O) groups is 1. The van der Waals surface area contributed by atoms with Gasteiger partial charge in [-0.2, -0.15) is 0 Å². The maximum absolute atomic E-state index is 12.2. The van der Waals surface area contributed by atoms with Crippen LogP contribution in [0.1, 0.15) is 39.2 Å². The Bertz CT molecular complexity index is 1320. The number of allylic oxidation sites excluding steroid dienone is 2. The Labute approximate surface area is 212 Å². The molecule has 2 atom stereocenters. The number of hydrogen-bond donors (Lipinski definition) is 1. The number of rotatable bonds is 7. The molecule has 35 heavy (non-hydrogen) atoms. The summed E-state index contributed by atoms with van der Waals surface area (Å²) in [6.07, 6.45) is 6.87. The zero-order valence-corrected chi connectivity index (χ0v) is 21.6. The Morgan fingerprint density at radius 1 is 1.09 bits per heavy atom. The summed E-state index contributed by atoms with van der Waals surface area (Å²) < 4.78 is 8.72. The summed E-state index contributed by atoms with van der Waals surface area (Å²) in [7, 11) is 0. The highest BCUT2D eigenvalue weighted by Crippen LogP contribution is 2.43. The fraction of sp³-hybridized carbons (Fsp3) is 0.357. The van der Waals surface area contributed by atoms with Crippen LogP contribution in [0, 0.1) is 0 Å². The second kappa shape index (κ2) is 10.7. The van der Waals surface area contributed by atoms with Gasteiger partial charge < -0.3 is 25.0 Å². The molecule has 0 spiro atoms. The van der Waals surface area contributed by atoms with Crippen molar-refractivity contribution in [3.63, 3.8) is 0 Å². The van der Waals surface area contributed by atoms with E-state index in [1.54, 1.807) is 6.08 Å². The first-order chi connectivity index (χ1) is 16.4. The van der Waals surface area contributed by atoms with Crippen LogP contribution in [0.4, 0.5) is 5.69 Å². The molecule has 3 aliphatic rings. The maximum Gasteiger partial charge on any atom is 0.203 e. The number of hydrogen-bond acceptors (Lipinski definition) is 5. The molecular formula is C28H34ClN3O3. The summed E-state index contributed by atoms with van der Waals surface area (Å²) in [5.41, 5.74) is 8.24. The van der Waals surface area contributed by atoms with Gasteiger partial charge in [-0.05, 0) is 51.5 Å². The number of aliphatic carboxylic acids is 1. The van der Waals surface area contributed by atoms with Crippen LogP contribution in [0.5, 0.6) is 0 Å². The summed E-state index contributed by atoms with van der Waals surface area (Å²) in [6, 6.07) is 12.2. The molecule has 2 N–H and O–H groups in total. The van der Waals surface area contributed by atoms with E-state index in [2.05, 4.69) is 49.3 Å². The van der Waals surface area contributed by atoms with E-state index in [0.717, 1.165) is 53.7 Å². The van der Waals surface area contributed by atoms with Gasteiger partial charge in [0.05, 0.1) is 17.6 Å². The molecule has 0 radical (unpaired) electrons. The average Bonchev–Trinajstić information content (AvgIpc) is 2.84. The van der Waals surface area contributed by atoms with Crippen molar-refractivity contribution < 1.29 is 14.3 Å². The van der Waals surface area contributed by atoms with Crippen molar-refractivity contribution in [2.45, 2.75) is 39.2 Å². The number of nitrogens with zero attached hydrogens (tertiary/aromatic N) is 2. The van der Waals surface area contributed by atoms with Crippen LogP contribution >= 0.6 is 12.4 Å². The largest absolute Gasteiger partial charge is 0.548 e. The van der Waals surface area contributed by atoms with E-state index in [1.165, 1.54) is 6.08 Å². The minimum Gasteiger partial charge on any atom is -0.548 e. The van der Waals surface area contributed by atoms with Crippen LogP contribution in [0.15, 0.2) is 65.1 Å². The highest BCUT2D eigenvalue weighted by molar-refractivity contribution is 5.93. The Hall–Kier alpha value is -3.09. The van der Waals surface area contributed by atoms with Gasteiger partial charge in [0.1, 0.15) is 24.4 Å². The van der Waals surface area contributed by atoms with E-state index in [-0.39, 0.29) is 12.4 Å². The van der Waals surface area contributed by atoms with E-state index in [1.807, 2.05) is 36.4 Å². The van der Waals surface area contributed by atoms with Crippen molar-refractivity contribution in [1.82, 2.24) is 4.58 Å². The first kappa shape index (κ1) is 26.5. The van der Waals surface area contributed by atoms with Crippen LogP contribution in [0.25, 0.3) is 22.3 Å². The smallest absolute Gasteiger partial charge is 0.203 e. The average molecular weight is 496 g/mol. The van der Waals surface area contributed by atoms with Crippen LogP contribution in [0.2, 0.25) is 0 Å². The molecule has 1 heterocycles. The molecular weight excluding hydrogens is 462 g/mol. The molecule has 0 aromatic heterocycles. The molecule has 6 nitrogen and oxygen atoms in total. The Balaban J connectivity index is 0.00000342. The molecule has 0 saturated heterocycles. The number of anilines is 1. The van der Waals surface area contributed by atoms with Gasteiger partial charge in [-0.15, -0.1) is 12.4 Å². The summed E-state index contributed by atoms with van der Waals surface area (Å²) in [5, 5.41) is 14.1. The highest BCUT2D eigenvalue weighted by atomic mass is 35.5. The number of carboxylic acids is 1. The maximum atomic E-state index is 12.2. The SMILES string of the molecule is CCN(CC)c1ccc2c(C3C=CC=CC3(N)C(=O)[O-])c3ccc(=[N+](CC)CC)cc-3oc2c1.Cl. The zero-order chi connectivity index (χ0) is 24.5. The molecule has 0 fully saturated rings. The molecule has 7 heteroatoms. The van der Waals surface area contributed by atoms with Gasteiger partial charge in [-0.1, -0.05) is 24.3 Å². The highest BCUT2D eigenvalue weighted by Gasteiger charge is 2.38. The van der Waals surface area contributed by atoms with E-state index < -0.39 is 17.4 Å². The molecule has 1 aromatic rings. The van der Waals surface area contributed by atoms with Gasteiger partial charge >= 0.3 is 0 Å². The lowest BCUT2D eigenvalue weighted by Crippen LogP contribution is -2.58. The van der Waals surface area contributed by atoms with E-state index in [0.29, 0.717) is 11.3 Å². The number of carboxylic acid groups (broad SMARTS) is 1. The summed E-state index contributed by atoms with van der Waals surface area (Å²) in [5.74, 6) is -1.21. The van der Waals surface area contributed by atoms with E-state index in [4.69, 9.17) is 10.2 Å². The second-order valence-corrected chi connectivity index (χ2v) is 8.66. The van der Waals surface area contributed by atoms with Crippen LogP contribution in [0.3, 0.4) is 0 Å². The number of nitrogens with two attached hydrogens (primary N) is 1. The fourth-order valence-electron chi connectivity index (χ4n) is 4.99. The van der Waals surface area contributed by atoms with Crippen LogP contribution < -0.4 is 25.7 Å². The molecule has 0 bridgehead atoms. The van der Waals surface area contributed by atoms with E-state index in [9.17, 15) is 9.90 Å². The standard InChI is InChI=1S/C28H33N3O3.ClH/c1-5-30(6-2)19-12-14-21-24(17-19)34-25-18-20(31(7-3)8-4)13-15-22(25)26(21)23-11-9-10-16-28(23,29)27(32)33;/h9-18,23H,5-8,29H2,1-4H3;1H. The van der Waals surface area contributed by atoms with Crippen molar-refractivity contribution in [3.05, 3.63) is 71.6 Å². The lowest BCUT2D eigenvalue weighted by atomic mass is 9.74. The Kier molecular flexibility index (Phi) is 8.08. The fourth-order valence-corrected chi connectivity index (χ4v) is 4.99. The molecule has 0 amide bonds. The molecule has 1 aliphatic heterocycles. The molecule has 186 valence electrons. The topological polar surface area (TPSA) is 85.5 Å². The van der Waals surface area contributed by atoms with Crippen LogP contribution in [-0.2, 0) is 4.79 Å². The third kappa shape index (κ3) is 4.60. The number of carbonyl (C=O) groups excluding carboxylic acids is 1. The quantitative estimate of drug-likeness (QED) is 0.401. The monoisotopic (exact) mass is 495 g/mol. The van der Waals surface area contributed by atoms with Crippen molar-refractivity contribution in [2.75, 3.05) is 31.1 Å². The third-order valence-electron chi connectivity index (χ3n) is 6.95. The van der Waals surface area contributed by atoms with E-state index >= 15 is 0 Å². The van der Waals surface area contributed by atoms with Gasteiger partial charge in [0, 0.05) is 47.8 Å². The van der Waals surface area contributed by atoms with Crippen molar-refractivity contribution in [3.8, 4) is 11.3 Å². The van der Waals surface area contributed by atoms with Crippen molar-refractivity contribution in [2.24, 2.45) is 5.73 Å². The van der Waals surface area contributed by atoms with Gasteiger partial charge in [0.2, 0.25) is 5.36 Å². The van der Waals surface area contributed by atoms with Crippen molar-refractivity contribution >= 4 is 35.0 Å². The minimum absolute atomic E-state index is 0. The van der Waals surface area contributed by atoms with Gasteiger partial charge in [0.15, 0.2) is 0 Å². The Morgan fingerprint density at radius 2 is 1.80 bits per heavy atom. The number of fused-ring (bicyclic) bond motifs is 2. The normalized spacial score (nSPS) is 19.1. The molecule has 4 rings (SSSR count). The lowest BCUT2D eigenvalue weighted by molar-refractivity contribution is -0.311. The number of halogens is 1. The third-order valence-corrected chi connectivity index (χ3v) is 6.95. The molecule has 2 unspecified atom stereocenters. The van der Waals surface area contributed by atoms with Gasteiger partial charge in [-0.25, -0.2) is 4.58 Å². The van der Waals surface area contributed by atoms with Crippen molar-refractivity contribution in [1.29, 1.82) is 0 Å². The molecule has 0 saturated carbocycles.